The molecule has 140 valence electrons. The van der Waals surface area contributed by atoms with Crippen LogP contribution in [0.15, 0.2) is 24.4 Å². The van der Waals surface area contributed by atoms with Crippen LogP contribution in [-0.2, 0) is 0 Å². The van der Waals surface area contributed by atoms with E-state index in [1.54, 1.807) is 13.8 Å². The standard InChI is InChI=1S/C18H26N6O2/c1-10-5-11(2)7-12(6-10)23-16-13(15(20)25)8-21-17(24-16)22-9-14(19)18(3,4)26/h5-8,14,26H,9,19H2,1-4H3,(H2,20,25)(H2,21,22,23,24)/t14-/m1/s1. The van der Waals surface area contributed by atoms with Crippen molar-refractivity contribution in [3.05, 3.63) is 41.1 Å². The Kier molecular flexibility index (Phi) is 5.79. The van der Waals surface area contributed by atoms with Crippen LogP contribution < -0.4 is 22.1 Å². The van der Waals surface area contributed by atoms with Gasteiger partial charge in [0.25, 0.3) is 5.91 Å². The fourth-order valence-electron chi connectivity index (χ4n) is 2.38. The molecule has 26 heavy (non-hydrogen) atoms. The van der Waals surface area contributed by atoms with Gasteiger partial charge in [0.15, 0.2) is 0 Å². The van der Waals surface area contributed by atoms with Crippen molar-refractivity contribution in [3.63, 3.8) is 0 Å². The fourth-order valence-corrected chi connectivity index (χ4v) is 2.38. The molecule has 1 amide bonds. The number of carbonyl (C=O) groups is 1. The SMILES string of the molecule is Cc1cc(C)cc(Nc2nc(NC[C@@H](N)C(C)(C)O)ncc2C(N)=O)c1. The van der Waals surface area contributed by atoms with Gasteiger partial charge in [-0.2, -0.15) is 4.98 Å². The van der Waals surface area contributed by atoms with E-state index < -0.39 is 17.6 Å². The maximum absolute atomic E-state index is 11.7. The molecule has 0 unspecified atom stereocenters. The minimum atomic E-state index is -1.04. The van der Waals surface area contributed by atoms with Crippen molar-refractivity contribution in [2.45, 2.75) is 39.3 Å². The number of aromatic nitrogens is 2. The molecule has 0 radical (unpaired) electrons. The second kappa shape index (κ2) is 7.67. The lowest BCUT2D eigenvalue weighted by molar-refractivity contribution is 0.0562. The monoisotopic (exact) mass is 358 g/mol. The number of aliphatic hydroxyl groups is 1. The molecule has 0 aliphatic heterocycles. The molecule has 0 aliphatic carbocycles. The van der Waals surface area contributed by atoms with Gasteiger partial charge in [-0.25, -0.2) is 4.98 Å². The van der Waals surface area contributed by atoms with Crippen LogP contribution in [0, 0.1) is 13.8 Å². The summed E-state index contributed by atoms with van der Waals surface area (Å²) in [6, 6.07) is 5.41. The molecule has 1 aromatic heterocycles. The van der Waals surface area contributed by atoms with Gasteiger partial charge in [0.2, 0.25) is 5.95 Å². The number of nitrogens with one attached hydrogen (secondary N) is 2. The van der Waals surface area contributed by atoms with E-state index in [0.717, 1.165) is 16.8 Å². The number of amides is 1. The summed E-state index contributed by atoms with van der Waals surface area (Å²) in [6.07, 6.45) is 1.36. The Morgan fingerprint density at radius 1 is 1.27 bits per heavy atom. The first-order valence-corrected chi connectivity index (χ1v) is 8.30. The van der Waals surface area contributed by atoms with Crippen LogP contribution in [0.4, 0.5) is 17.5 Å². The van der Waals surface area contributed by atoms with Gasteiger partial charge < -0.3 is 27.2 Å². The maximum Gasteiger partial charge on any atom is 0.254 e. The summed E-state index contributed by atoms with van der Waals surface area (Å²) in [5, 5.41) is 16.0. The van der Waals surface area contributed by atoms with Crippen molar-refractivity contribution in [2.75, 3.05) is 17.2 Å². The van der Waals surface area contributed by atoms with Crippen LogP contribution in [-0.4, -0.2) is 39.2 Å². The summed E-state index contributed by atoms with van der Waals surface area (Å²) in [4.78, 5) is 20.1. The van der Waals surface area contributed by atoms with E-state index in [2.05, 4.69) is 20.6 Å². The van der Waals surface area contributed by atoms with E-state index in [1.807, 2.05) is 32.0 Å². The molecular formula is C18H26N6O2. The molecular weight excluding hydrogens is 332 g/mol. The number of carbonyl (C=O) groups excluding carboxylic acids is 1. The van der Waals surface area contributed by atoms with Crippen LogP contribution >= 0.6 is 0 Å². The smallest absolute Gasteiger partial charge is 0.254 e. The number of anilines is 3. The summed E-state index contributed by atoms with van der Waals surface area (Å²) >= 11 is 0. The van der Waals surface area contributed by atoms with E-state index in [-0.39, 0.29) is 18.1 Å². The van der Waals surface area contributed by atoms with Gasteiger partial charge in [-0.05, 0) is 51.0 Å². The largest absolute Gasteiger partial charge is 0.389 e. The Labute approximate surface area is 153 Å². The number of hydrogen-bond acceptors (Lipinski definition) is 7. The Balaban J connectivity index is 2.26. The maximum atomic E-state index is 11.7. The zero-order valence-electron chi connectivity index (χ0n) is 15.5. The number of benzene rings is 1. The Morgan fingerprint density at radius 2 is 1.88 bits per heavy atom. The summed E-state index contributed by atoms with van der Waals surface area (Å²) in [5.74, 6) is -0.0463. The third-order valence-corrected chi connectivity index (χ3v) is 3.93. The van der Waals surface area contributed by atoms with Crippen molar-refractivity contribution in [2.24, 2.45) is 11.5 Å². The molecule has 0 fully saturated rings. The van der Waals surface area contributed by atoms with E-state index in [9.17, 15) is 9.90 Å². The fraction of sp³-hybridized carbons (Fsp3) is 0.389. The first-order chi connectivity index (χ1) is 12.1. The molecule has 0 aliphatic rings. The number of nitrogens with two attached hydrogens (primary N) is 2. The molecule has 0 saturated carbocycles. The first-order valence-electron chi connectivity index (χ1n) is 8.30. The zero-order valence-corrected chi connectivity index (χ0v) is 15.5. The third-order valence-electron chi connectivity index (χ3n) is 3.93. The van der Waals surface area contributed by atoms with Gasteiger partial charge in [0.1, 0.15) is 11.4 Å². The average molecular weight is 358 g/mol. The van der Waals surface area contributed by atoms with E-state index in [1.165, 1.54) is 6.20 Å². The summed E-state index contributed by atoms with van der Waals surface area (Å²) in [6.45, 7) is 7.49. The summed E-state index contributed by atoms with van der Waals surface area (Å²) in [5.41, 5.74) is 13.4. The highest BCUT2D eigenvalue weighted by molar-refractivity contribution is 5.98. The highest BCUT2D eigenvalue weighted by atomic mass is 16.3. The van der Waals surface area contributed by atoms with Crippen LogP contribution in [0.1, 0.15) is 35.3 Å². The van der Waals surface area contributed by atoms with Crippen LogP contribution in [0.2, 0.25) is 0 Å². The molecule has 1 atom stereocenters. The number of rotatable bonds is 7. The number of nitrogens with zero attached hydrogens (tertiary/aromatic N) is 2. The second-order valence-corrected chi connectivity index (χ2v) is 6.96. The zero-order chi connectivity index (χ0) is 19.5. The highest BCUT2D eigenvalue weighted by Gasteiger charge is 2.23. The lowest BCUT2D eigenvalue weighted by Crippen LogP contribution is -2.47. The molecule has 0 saturated heterocycles. The number of aryl methyl sites for hydroxylation is 2. The normalized spacial score (nSPS) is 12.5. The highest BCUT2D eigenvalue weighted by Crippen LogP contribution is 2.22. The van der Waals surface area contributed by atoms with E-state index in [4.69, 9.17) is 11.5 Å². The van der Waals surface area contributed by atoms with Crippen molar-refractivity contribution in [3.8, 4) is 0 Å². The number of hydrogen-bond donors (Lipinski definition) is 5. The molecule has 7 N–H and O–H groups in total. The lowest BCUT2D eigenvalue weighted by atomic mass is 10.0. The van der Waals surface area contributed by atoms with Crippen molar-refractivity contribution >= 4 is 23.4 Å². The van der Waals surface area contributed by atoms with Crippen molar-refractivity contribution < 1.29 is 9.90 Å². The molecule has 1 aromatic carbocycles. The predicted octanol–water partition coefficient (Wildman–Crippen LogP) is 1.45. The van der Waals surface area contributed by atoms with E-state index in [0.29, 0.717) is 5.82 Å². The topological polar surface area (TPSA) is 139 Å². The molecule has 2 rings (SSSR count). The van der Waals surface area contributed by atoms with Gasteiger partial charge in [-0.15, -0.1) is 0 Å². The molecule has 8 heteroatoms. The minimum absolute atomic E-state index is 0.182. The van der Waals surface area contributed by atoms with E-state index >= 15 is 0 Å². The number of primary amides is 1. The van der Waals surface area contributed by atoms with Gasteiger partial charge in [0, 0.05) is 18.4 Å². The van der Waals surface area contributed by atoms with Crippen LogP contribution in [0.5, 0.6) is 0 Å². The lowest BCUT2D eigenvalue weighted by Gasteiger charge is -2.25. The predicted molar refractivity (Wildman–Crippen MR) is 103 cm³/mol. The quantitative estimate of drug-likeness (QED) is 0.504. The van der Waals surface area contributed by atoms with Gasteiger partial charge in [-0.3, -0.25) is 4.79 Å². The first kappa shape index (κ1) is 19.6. The van der Waals surface area contributed by atoms with Crippen molar-refractivity contribution in [1.29, 1.82) is 0 Å². The second-order valence-electron chi connectivity index (χ2n) is 6.96. The van der Waals surface area contributed by atoms with Gasteiger partial charge in [0.05, 0.1) is 11.6 Å². The van der Waals surface area contributed by atoms with Crippen molar-refractivity contribution in [1.82, 2.24) is 9.97 Å². The van der Waals surface area contributed by atoms with Crippen LogP contribution in [0.3, 0.4) is 0 Å². The Bertz CT molecular complexity index is 781. The molecule has 8 nitrogen and oxygen atoms in total. The molecule has 2 aromatic rings. The third kappa shape index (κ3) is 5.14. The van der Waals surface area contributed by atoms with Crippen LogP contribution in [0.25, 0.3) is 0 Å². The molecule has 1 heterocycles. The summed E-state index contributed by atoms with van der Waals surface area (Å²) in [7, 11) is 0. The molecule has 0 spiro atoms. The average Bonchev–Trinajstić information content (AvgIpc) is 2.50. The van der Waals surface area contributed by atoms with Gasteiger partial charge in [-0.1, -0.05) is 6.07 Å². The van der Waals surface area contributed by atoms with Gasteiger partial charge >= 0.3 is 0 Å². The molecule has 0 bridgehead atoms. The Morgan fingerprint density at radius 3 is 2.42 bits per heavy atom. The Hall–Kier alpha value is -2.71. The minimum Gasteiger partial charge on any atom is -0.389 e. The summed E-state index contributed by atoms with van der Waals surface area (Å²) < 4.78 is 0.